The van der Waals surface area contributed by atoms with Gasteiger partial charge in [0.2, 0.25) is 0 Å². The molecular formula is C15H32N2O. The van der Waals surface area contributed by atoms with Crippen molar-refractivity contribution in [2.75, 3.05) is 39.9 Å². The van der Waals surface area contributed by atoms with Crippen molar-refractivity contribution in [3.63, 3.8) is 0 Å². The highest BCUT2D eigenvalue weighted by Crippen LogP contribution is 2.17. The zero-order valence-corrected chi connectivity index (χ0v) is 12.6. The van der Waals surface area contributed by atoms with Gasteiger partial charge in [0.05, 0.1) is 6.61 Å². The molecule has 3 nitrogen and oxygen atoms in total. The van der Waals surface area contributed by atoms with Gasteiger partial charge in [0, 0.05) is 25.1 Å². The van der Waals surface area contributed by atoms with Gasteiger partial charge in [-0.2, -0.15) is 0 Å². The summed E-state index contributed by atoms with van der Waals surface area (Å²) in [5, 5.41) is 3.71. The van der Waals surface area contributed by atoms with Gasteiger partial charge in [0.25, 0.3) is 0 Å². The maximum Gasteiger partial charge on any atom is 0.0510 e. The highest BCUT2D eigenvalue weighted by atomic mass is 16.5. The van der Waals surface area contributed by atoms with Gasteiger partial charge in [0.1, 0.15) is 0 Å². The molecule has 0 radical (unpaired) electrons. The summed E-state index contributed by atoms with van der Waals surface area (Å²) in [5.41, 5.74) is 0. The maximum atomic E-state index is 5.54. The fraction of sp³-hybridized carbons (Fsp3) is 1.00. The molecule has 0 aromatic rings. The molecule has 108 valence electrons. The molecule has 3 heteroatoms. The monoisotopic (exact) mass is 256 g/mol. The van der Waals surface area contributed by atoms with Crippen LogP contribution in [0, 0.1) is 5.92 Å². The lowest BCUT2D eigenvalue weighted by Crippen LogP contribution is -2.45. The number of hydrogen-bond acceptors (Lipinski definition) is 3. The van der Waals surface area contributed by atoms with Crippen molar-refractivity contribution in [1.82, 2.24) is 10.2 Å². The first-order valence-corrected chi connectivity index (χ1v) is 7.77. The molecule has 1 aliphatic rings. The van der Waals surface area contributed by atoms with Gasteiger partial charge in [-0.3, -0.25) is 0 Å². The molecule has 0 bridgehead atoms. The van der Waals surface area contributed by atoms with Crippen LogP contribution in [0.2, 0.25) is 0 Å². The fourth-order valence-corrected chi connectivity index (χ4v) is 2.64. The molecule has 0 amide bonds. The Morgan fingerprint density at radius 2 is 2.11 bits per heavy atom. The van der Waals surface area contributed by atoms with Crippen molar-refractivity contribution < 1.29 is 4.74 Å². The van der Waals surface area contributed by atoms with E-state index in [0.29, 0.717) is 12.0 Å². The predicted octanol–water partition coefficient (Wildman–Crippen LogP) is 2.51. The molecule has 1 heterocycles. The van der Waals surface area contributed by atoms with Crippen LogP contribution in [-0.2, 0) is 4.74 Å². The van der Waals surface area contributed by atoms with Crippen molar-refractivity contribution >= 4 is 0 Å². The van der Waals surface area contributed by atoms with Crippen LogP contribution >= 0.6 is 0 Å². The van der Waals surface area contributed by atoms with Crippen LogP contribution in [0.25, 0.3) is 0 Å². The molecule has 0 spiro atoms. The first-order valence-electron chi connectivity index (χ1n) is 7.77. The highest BCUT2D eigenvalue weighted by Gasteiger charge is 2.25. The third-order valence-electron chi connectivity index (χ3n) is 3.84. The van der Waals surface area contributed by atoms with Gasteiger partial charge >= 0.3 is 0 Å². The Hall–Kier alpha value is -0.120. The van der Waals surface area contributed by atoms with E-state index in [1.807, 2.05) is 0 Å². The normalized spacial score (nSPS) is 21.7. The largest absolute Gasteiger partial charge is 0.381 e. The Kier molecular flexibility index (Phi) is 8.64. The van der Waals surface area contributed by atoms with Crippen molar-refractivity contribution in [2.24, 2.45) is 5.92 Å². The van der Waals surface area contributed by atoms with Gasteiger partial charge in [0.15, 0.2) is 0 Å². The molecule has 0 aromatic heterocycles. The van der Waals surface area contributed by atoms with Crippen LogP contribution in [0.1, 0.15) is 46.0 Å². The zero-order chi connectivity index (χ0) is 13.2. The van der Waals surface area contributed by atoms with E-state index in [-0.39, 0.29) is 0 Å². The molecule has 1 saturated heterocycles. The lowest BCUT2D eigenvalue weighted by Gasteiger charge is -2.28. The summed E-state index contributed by atoms with van der Waals surface area (Å²) >= 11 is 0. The minimum absolute atomic E-state index is 0.610. The molecule has 1 rings (SSSR count). The number of hydrogen-bond donors (Lipinski definition) is 1. The molecule has 1 N–H and O–H groups in total. The van der Waals surface area contributed by atoms with E-state index in [4.69, 9.17) is 4.74 Å². The van der Waals surface area contributed by atoms with Gasteiger partial charge in [-0.05, 0) is 39.4 Å². The number of nitrogens with zero attached hydrogens (tertiary/aromatic N) is 1. The number of nitrogens with one attached hydrogen (secondary N) is 1. The van der Waals surface area contributed by atoms with Crippen molar-refractivity contribution in [3.05, 3.63) is 0 Å². The van der Waals surface area contributed by atoms with Crippen LogP contribution in [0.4, 0.5) is 0 Å². The van der Waals surface area contributed by atoms with Gasteiger partial charge < -0.3 is 15.0 Å². The second-order valence-electron chi connectivity index (χ2n) is 5.65. The Balaban J connectivity index is 2.29. The number of unbranched alkanes of at least 4 members (excludes halogenated alkanes) is 2. The van der Waals surface area contributed by atoms with E-state index in [2.05, 4.69) is 31.1 Å². The maximum absolute atomic E-state index is 5.54. The van der Waals surface area contributed by atoms with E-state index in [1.54, 1.807) is 0 Å². The molecule has 0 aromatic carbocycles. The van der Waals surface area contributed by atoms with E-state index in [0.717, 1.165) is 26.3 Å². The summed E-state index contributed by atoms with van der Waals surface area (Å²) in [4.78, 5) is 2.49. The molecule has 1 aliphatic heterocycles. The fourth-order valence-electron chi connectivity index (χ4n) is 2.64. The number of ether oxygens (including phenoxy) is 1. The molecule has 0 saturated carbocycles. The number of likely N-dealkylation sites (N-methyl/N-ethyl adjacent to an activating group) is 1. The lowest BCUT2D eigenvalue weighted by atomic mass is 9.98. The second kappa shape index (κ2) is 9.76. The lowest BCUT2D eigenvalue weighted by molar-refractivity contribution is 0.166. The predicted molar refractivity (Wildman–Crippen MR) is 78.0 cm³/mol. The highest BCUT2D eigenvalue weighted by molar-refractivity contribution is 4.81. The average Bonchev–Trinajstić information content (AvgIpc) is 2.88. The van der Waals surface area contributed by atoms with Gasteiger partial charge in [-0.15, -0.1) is 0 Å². The molecule has 18 heavy (non-hydrogen) atoms. The van der Waals surface area contributed by atoms with Crippen LogP contribution in [0.15, 0.2) is 0 Å². The topological polar surface area (TPSA) is 24.5 Å². The third kappa shape index (κ3) is 6.17. The first-order chi connectivity index (χ1) is 8.77. The van der Waals surface area contributed by atoms with Crippen molar-refractivity contribution in [3.8, 4) is 0 Å². The standard InChI is InChI=1S/C15H32N2O/c1-4-6-7-10-17(3)12-15(16-9-5-2)14-8-11-18-13-14/h14-16H,4-13H2,1-3H3. The average molecular weight is 256 g/mol. The van der Waals surface area contributed by atoms with E-state index >= 15 is 0 Å². The number of rotatable bonds is 10. The van der Waals surface area contributed by atoms with Crippen LogP contribution in [0.5, 0.6) is 0 Å². The summed E-state index contributed by atoms with van der Waals surface area (Å²) in [5.74, 6) is 0.713. The Bertz CT molecular complexity index is 193. The summed E-state index contributed by atoms with van der Waals surface area (Å²) in [6.07, 6.45) is 6.42. The van der Waals surface area contributed by atoms with E-state index in [1.165, 1.54) is 38.6 Å². The summed E-state index contributed by atoms with van der Waals surface area (Å²) in [6, 6.07) is 0.610. The zero-order valence-electron chi connectivity index (χ0n) is 12.6. The minimum atomic E-state index is 0.610. The summed E-state index contributed by atoms with van der Waals surface area (Å²) in [7, 11) is 2.26. The van der Waals surface area contributed by atoms with E-state index in [9.17, 15) is 0 Å². The summed E-state index contributed by atoms with van der Waals surface area (Å²) in [6.45, 7) is 9.92. The Labute approximate surface area is 113 Å². The Morgan fingerprint density at radius 3 is 2.72 bits per heavy atom. The van der Waals surface area contributed by atoms with Crippen LogP contribution < -0.4 is 5.32 Å². The Morgan fingerprint density at radius 1 is 1.28 bits per heavy atom. The summed E-state index contributed by atoms with van der Waals surface area (Å²) < 4.78 is 5.54. The van der Waals surface area contributed by atoms with Gasteiger partial charge in [-0.25, -0.2) is 0 Å². The van der Waals surface area contributed by atoms with Gasteiger partial charge in [-0.1, -0.05) is 26.7 Å². The third-order valence-corrected chi connectivity index (χ3v) is 3.84. The SMILES string of the molecule is CCCCCN(C)CC(NCCC)C1CCOC1. The van der Waals surface area contributed by atoms with Crippen molar-refractivity contribution in [2.45, 2.75) is 52.0 Å². The first kappa shape index (κ1) is 15.9. The molecule has 1 fully saturated rings. The molecular weight excluding hydrogens is 224 g/mol. The molecule has 0 aliphatic carbocycles. The quantitative estimate of drug-likeness (QED) is 0.608. The molecule has 2 atom stereocenters. The van der Waals surface area contributed by atoms with Crippen LogP contribution in [0.3, 0.4) is 0 Å². The van der Waals surface area contributed by atoms with E-state index < -0.39 is 0 Å². The van der Waals surface area contributed by atoms with Crippen LogP contribution in [-0.4, -0.2) is 50.8 Å². The second-order valence-corrected chi connectivity index (χ2v) is 5.65. The van der Waals surface area contributed by atoms with Crippen molar-refractivity contribution in [1.29, 1.82) is 0 Å². The smallest absolute Gasteiger partial charge is 0.0510 e. The minimum Gasteiger partial charge on any atom is -0.381 e. The molecule has 2 unspecified atom stereocenters.